The molecule has 0 saturated carbocycles. The van der Waals surface area contributed by atoms with Crippen molar-refractivity contribution in [3.8, 4) is 17.1 Å². The number of anilines is 1. The van der Waals surface area contributed by atoms with E-state index in [4.69, 9.17) is 11.6 Å². The zero-order valence-electron chi connectivity index (χ0n) is 12.7. The van der Waals surface area contributed by atoms with Crippen molar-refractivity contribution in [3.63, 3.8) is 0 Å². The van der Waals surface area contributed by atoms with E-state index in [-0.39, 0.29) is 15.9 Å². The molecule has 0 bridgehead atoms. The van der Waals surface area contributed by atoms with Crippen LogP contribution in [0.4, 0.5) is 5.69 Å². The van der Waals surface area contributed by atoms with Crippen molar-refractivity contribution in [1.29, 1.82) is 0 Å². The average Bonchev–Trinajstić information content (AvgIpc) is 3.10. The Hall–Kier alpha value is -2.85. The van der Waals surface area contributed by atoms with E-state index in [1.54, 1.807) is 30.7 Å². The molecule has 0 fully saturated rings. The van der Waals surface area contributed by atoms with Crippen molar-refractivity contribution in [2.45, 2.75) is 5.16 Å². The average molecular weight is 379 g/mol. The maximum absolute atomic E-state index is 12.3. The minimum absolute atomic E-state index is 0.203. The number of aromatic hydroxyl groups is 1. The number of benzene rings is 1. The first-order chi connectivity index (χ1) is 12.0. The van der Waals surface area contributed by atoms with E-state index >= 15 is 0 Å². The van der Waals surface area contributed by atoms with Gasteiger partial charge in [-0.25, -0.2) is 0 Å². The lowest BCUT2D eigenvalue weighted by molar-refractivity contribution is 0.102. The number of rotatable bonds is 4. The molecule has 1 aromatic carbocycles. The van der Waals surface area contributed by atoms with Gasteiger partial charge in [0.2, 0.25) is 5.88 Å². The highest BCUT2D eigenvalue weighted by Crippen LogP contribution is 2.28. The van der Waals surface area contributed by atoms with E-state index < -0.39 is 22.9 Å². The summed E-state index contributed by atoms with van der Waals surface area (Å²) in [7, 11) is 0. The third kappa shape index (κ3) is 3.49. The second-order valence-electron chi connectivity index (χ2n) is 4.78. The molecule has 0 atom stereocenters. The third-order valence-electron chi connectivity index (χ3n) is 3.23. The van der Waals surface area contributed by atoms with Crippen molar-refractivity contribution in [1.82, 2.24) is 25.4 Å². The summed E-state index contributed by atoms with van der Waals surface area (Å²) in [6, 6.07) is 4.83. The molecule has 11 heteroatoms. The Labute approximate surface area is 149 Å². The number of thioether (sulfide) groups is 1. The first kappa shape index (κ1) is 17.0. The lowest BCUT2D eigenvalue weighted by Crippen LogP contribution is -2.24. The molecule has 0 aliphatic rings. The highest BCUT2D eigenvalue weighted by molar-refractivity contribution is 7.98. The van der Waals surface area contributed by atoms with E-state index in [0.29, 0.717) is 11.3 Å². The second-order valence-corrected chi connectivity index (χ2v) is 5.98. The molecule has 0 unspecified atom stereocenters. The van der Waals surface area contributed by atoms with Gasteiger partial charge in [-0.3, -0.25) is 14.7 Å². The smallest absolute Gasteiger partial charge is 0.268 e. The molecule has 9 nitrogen and oxygen atoms in total. The van der Waals surface area contributed by atoms with Gasteiger partial charge in [0.15, 0.2) is 10.7 Å². The number of carbonyl (C=O) groups excluding carboxylic acids is 1. The maximum atomic E-state index is 12.3. The van der Waals surface area contributed by atoms with Crippen molar-refractivity contribution in [2.75, 3.05) is 11.6 Å². The molecule has 3 rings (SSSR count). The number of amides is 1. The Morgan fingerprint density at radius 3 is 2.80 bits per heavy atom. The van der Waals surface area contributed by atoms with Crippen molar-refractivity contribution >= 4 is 35.0 Å². The van der Waals surface area contributed by atoms with Crippen LogP contribution in [-0.4, -0.2) is 42.6 Å². The summed E-state index contributed by atoms with van der Waals surface area (Å²) in [5.74, 6) is -1.48. The molecule has 0 spiro atoms. The summed E-state index contributed by atoms with van der Waals surface area (Å²) in [5.41, 5.74) is 0.319. The first-order valence-corrected chi connectivity index (χ1v) is 8.45. The van der Waals surface area contributed by atoms with Crippen LogP contribution in [0, 0.1) is 0 Å². The van der Waals surface area contributed by atoms with Gasteiger partial charge in [0.1, 0.15) is 5.69 Å². The molecule has 4 N–H and O–H groups in total. The Morgan fingerprint density at radius 1 is 1.40 bits per heavy atom. The zero-order chi connectivity index (χ0) is 18.0. The molecule has 1 amide bonds. The summed E-state index contributed by atoms with van der Waals surface area (Å²) < 4.78 is 0. The number of aromatic nitrogens is 5. The molecule has 2 heterocycles. The Morgan fingerprint density at radius 2 is 2.20 bits per heavy atom. The fourth-order valence-electron chi connectivity index (χ4n) is 2.05. The van der Waals surface area contributed by atoms with E-state index in [9.17, 15) is 14.7 Å². The van der Waals surface area contributed by atoms with Gasteiger partial charge in [0, 0.05) is 11.8 Å². The number of carbonyl (C=O) groups is 1. The van der Waals surface area contributed by atoms with Gasteiger partial charge in [-0.2, -0.15) is 4.98 Å². The normalized spacial score (nSPS) is 10.6. The van der Waals surface area contributed by atoms with Crippen LogP contribution >= 0.6 is 23.4 Å². The number of nitrogens with one attached hydrogen (secondary N) is 3. The SMILES string of the molecule is CSc1nc(O)c(C(=O)Nc2ccc(-c3c[nH]nn3)cc2Cl)c(=O)[nH]1. The number of aromatic amines is 2. The molecule has 3 aromatic rings. The standard InChI is InChI=1S/C14H11ClN6O3S/c1-25-14-18-12(23)10(13(24)19-14)11(22)17-8-3-2-6(4-7(8)15)9-5-16-21-20-9/h2-5H,1H3,(H,17,22)(H,16,20,21)(H2,18,19,23,24). The number of hydrogen-bond donors (Lipinski definition) is 4. The predicted octanol–water partition coefficient (Wildman–Crippen LogP) is 1.89. The summed E-state index contributed by atoms with van der Waals surface area (Å²) >= 11 is 7.30. The van der Waals surface area contributed by atoms with E-state index in [0.717, 1.165) is 11.8 Å². The first-order valence-electron chi connectivity index (χ1n) is 6.84. The molecule has 2 aromatic heterocycles. The van der Waals surface area contributed by atoms with Gasteiger partial charge in [-0.05, 0) is 18.4 Å². The van der Waals surface area contributed by atoms with Gasteiger partial charge in [-0.1, -0.05) is 34.6 Å². The molecular formula is C14H11ClN6O3S. The molecule has 0 saturated heterocycles. The quantitative estimate of drug-likeness (QED) is 0.402. The molecule has 25 heavy (non-hydrogen) atoms. The van der Waals surface area contributed by atoms with Gasteiger partial charge >= 0.3 is 0 Å². The Kier molecular flexibility index (Phi) is 4.72. The predicted molar refractivity (Wildman–Crippen MR) is 93.1 cm³/mol. The van der Waals surface area contributed by atoms with Crippen LogP contribution in [0.25, 0.3) is 11.3 Å². The van der Waals surface area contributed by atoms with E-state index in [1.807, 2.05) is 0 Å². The van der Waals surface area contributed by atoms with Crippen LogP contribution < -0.4 is 10.9 Å². The van der Waals surface area contributed by atoms with Crippen LogP contribution in [0.3, 0.4) is 0 Å². The van der Waals surface area contributed by atoms with E-state index in [1.165, 1.54) is 0 Å². The fourth-order valence-corrected chi connectivity index (χ4v) is 2.65. The van der Waals surface area contributed by atoms with Crippen LogP contribution in [0.5, 0.6) is 5.88 Å². The highest BCUT2D eigenvalue weighted by Gasteiger charge is 2.20. The van der Waals surface area contributed by atoms with Crippen molar-refractivity contribution < 1.29 is 9.90 Å². The lowest BCUT2D eigenvalue weighted by Gasteiger charge is -2.09. The Bertz CT molecular complexity index is 989. The number of nitrogens with zero attached hydrogens (tertiary/aromatic N) is 3. The van der Waals surface area contributed by atoms with Crippen LogP contribution in [0.15, 0.2) is 34.3 Å². The second kappa shape index (κ2) is 6.95. The van der Waals surface area contributed by atoms with Crippen molar-refractivity contribution in [2.24, 2.45) is 0 Å². The lowest BCUT2D eigenvalue weighted by atomic mass is 10.1. The summed E-state index contributed by atoms with van der Waals surface area (Å²) in [5, 5.41) is 22.8. The van der Waals surface area contributed by atoms with Crippen LogP contribution in [0.2, 0.25) is 5.02 Å². The zero-order valence-corrected chi connectivity index (χ0v) is 14.3. The summed E-state index contributed by atoms with van der Waals surface area (Å²) in [6.07, 6.45) is 3.27. The van der Waals surface area contributed by atoms with Crippen LogP contribution in [0.1, 0.15) is 10.4 Å². The summed E-state index contributed by atoms with van der Waals surface area (Å²) in [4.78, 5) is 30.4. The Balaban J connectivity index is 1.88. The third-order valence-corrected chi connectivity index (χ3v) is 4.12. The maximum Gasteiger partial charge on any atom is 0.268 e. The number of H-pyrrole nitrogens is 2. The molecule has 0 aliphatic heterocycles. The van der Waals surface area contributed by atoms with E-state index in [2.05, 4.69) is 30.7 Å². The minimum Gasteiger partial charge on any atom is -0.493 e. The monoisotopic (exact) mass is 378 g/mol. The molecule has 128 valence electrons. The fraction of sp³-hybridized carbons (Fsp3) is 0.0714. The molecule has 0 radical (unpaired) electrons. The largest absolute Gasteiger partial charge is 0.493 e. The molecule has 0 aliphatic carbocycles. The molecular weight excluding hydrogens is 368 g/mol. The minimum atomic E-state index is -0.824. The van der Waals surface area contributed by atoms with Crippen LogP contribution in [-0.2, 0) is 0 Å². The number of hydrogen-bond acceptors (Lipinski definition) is 7. The van der Waals surface area contributed by atoms with Gasteiger partial charge in [0.05, 0.1) is 10.7 Å². The van der Waals surface area contributed by atoms with Crippen molar-refractivity contribution in [3.05, 3.63) is 45.3 Å². The topological polar surface area (TPSA) is 137 Å². The number of halogens is 1. The van der Waals surface area contributed by atoms with Gasteiger partial charge in [0.25, 0.3) is 11.5 Å². The van der Waals surface area contributed by atoms with Gasteiger partial charge in [-0.15, -0.1) is 5.10 Å². The summed E-state index contributed by atoms with van der Waals surface area (Å²) in [6.45, 7) is 0. The highest BCUT2D eigenvalue weighted by atomic mass is 35.5. The van der Waals surface area contributed by atoms with Gasteiger partial charge < -0.3 is 15.4 Å².